The number of nitrogens with two attached hydrogens (primary N) is 1. The van der Waals surface area contributed by atoms with Crippen LogP contribution in [0.2, 0.25) is 0 Å². The van der Waals surface area contributed by atoms with Gasteiger partial charge in [-0.15, -0.1) is 0 Å². The Hall–Kier alpha value is -0.650. The third-order valence-corrected chi connectivity index (χ3v) is 3.85. The Morgan fingerprint density at radius 2 is 2.11 bits per heavy atom. The Balaban J connectivity index is 2.20. The SMILES string of the molecule is CC1CN(C)CCN1CCCCC(C)(N)C(=O)O. The Morgan fingerprint density at radius 1 is 1.44 bits per heavy atom. The zero-order valence-corrected chi connectivity index (χ0v) is 11.9. The molecule has 1 aliphatic heterocycles. The predicted octanol–water partition coefficient (Wildman–Crippen LogP) is 0.595. The number of aliphatic carboxylic acids is 1. The zero-order chi connectivity index (χ0) is 13.8. The molecule has 2 atom stereocenters. The van der Waals surface area contributed by atoms with E-state index in [9.17, 15) is 4.79 Å². The molecule has 0 radical (unpaired) electrons. The summed E-state index contributed by atoms with van der Waals surface area (Å²) in [5, 5.41) is 8.92. The van der Waals surface area contributed by atoms with E-state index in [0.29, 0.717) is 12.5 Å². The van der Waals surface area contributed by atoms with E-state index in [1.54, 1.807) is 6.92 Å². The average Bonchev–Trinajstić information content (AvgIpc) is 2.26. The van der Waals surface area contributed by atoms with Crippen molar-refractivity contribution in [2.45, 2.75) is 44.7 Å². The van der Waals surface area contributed by atoms with E-state index in [2.05, 4.69) is 23.8 Å². The molecule has 1 aliphatic rings. The maximum absolute atomic E-state index is 10.9. The molecule has 2 unspecified atom stereocenters. The molecule has 1 rings (SSSR count). The first kappa shape index (κ1) is 15.4. The molecule has 0 spiro atoms. The van der Waals surface area contributed by atoms with Crippen molar-refractivity contribution in [3.63, 3.8) is 0 Å². The highest BCUT2D eigenvalue weighted by atomic mass is 16.4. The normalized spacial score (nSPS) is 25.9. The lowest BCUT2D eigenvalue weighted by Crippen LogP contribution is -2.50. The first-order valence-corrected chi connectivity index (χ1v) is 6.78. The number of hydrogen-bond acceptors (Lipinski definition) is 4. The number of unbranched alkanes of at least 4 members (excludes halogenated alkanes) is 1. The first-order valence-electron chi connectivity index (χ1n) is 6.78. The van der Waals surface area contributed by atoms with Crippen molar-refractivity contribution in [2.24, 2.45) is 5.73 Å². The second kappa shape index (κ2) is 6.50. The molecule has 1 heterocycles. The molecule has 0 bridgehead atoms. The lowest BCUT2D eigenvalue weighted by atomic mass is 9.96. The second-order valence-electron chi connectivity index (χ2n) is 5.83. The van der Waals surface area contributed by atoms with Crippen molar-refractivity contribution in [1.82, 2.24) is 9.80 Å². The molecule has 3 N–H and O–H groups in total. The number of carboxylic acid groups (broad SMARTS) is 1. The van der Waals surface area contributed by atoms with Gasteiger partial charge in [-0.1, -0.05) is 0 Å². The Bertz CT molecular complexity index is 281. The van der Waals surface area contributed by atoms with Gasteiger partial charge in [0.25, 0.3) is 0 Å². The fourth-order valence-electron chi connectivity index (χ4n) is 2.42. The maximum atomic E-state index is 10.9. The highest BCUT2D eigenvalue weighted by Gasteiger charge is 2.27. The molecule has 1 saturated heterocycles. The van der Waals surface area contributed by atoms with Crippen LogP contribution in [-0.4, -0.2) is 65.7 Å². The van der Waals surface area contributed by atoms with Crippen molar-refractivity contribution in [3.8, 4) is 0 Å². The molecule has 5 heteroatoms. The molecule has 5 nitrogen and oxygen atoms in total. The van der Waals surface area contributed by atoms with Gasteiger partial charge in [0.15, 0.2) is 0 Å². The number of carbonyl (C=O) groups is 1. The van der Waals surface area contributed by atoms with Crippen LogP contribution in [0, 0.1) is 0 Å². The van der Waals surface area contributed by atoms with E-state index in [1.807, 2.05) is 0 Å². The average molecular weight is 257 g/mol. The molecule has 0 aromatic heterocycles. The van der Waals surface area contributed by atoms with Crippen LogP contribution in [0.15, 0.2) is 0 Å². The Morgan fingerprint density at radius 3 is 2.67 bits per heavy atom. The first-order chi connectivity index (χ1) is 8.33. The minimum Gasteiger partial charge on any atom is -0.480 e. The van der Waals surface area contributed by atoms with Crippen LogP contribution in [0.4, 0.5) is 0 Å². The van der Waals surface area contributed by atoms with Gasteiger partial charge < -0.3 is 15.7 Å². The Kier molecular flexibility index (Phi) is 5.56. The van der Waals surface area contributed by atoms with E-state index in [0.717, 1.165) is 39.0 Å². The van der Waals surface area contributed by atoms with Crippen molar-refractivity contribution < 1.29 is 9.90 Å². The lowest BCUT2D eigenvalue weighted by Gasteiger charge is -2.38. The van der Waals surface area contributed by atoms with Crippen LogP contribution < -0.4 is 5.73 Å². The molecule has 1 fully saturated rings. The minimum absolute atomic E-state index is 0.546. The second-order valence-corrected chi connectivity index (χ2v) is 5.83. The van der Waals surface area contributed by atoms with Crippen molar-refractivity contribution in [3.05, 3.63) is 0 Å². The predicted molar refractivity (Wildman–Crippen MR) is 72.6 cm³/mol. The summed E-state index contributed by atoms with van der Waals surface area (Å²) in [7, 11) is 2.15. The zero-order valence-electron chi connectivity index (χ0n) is 11.9. The van der Waals surface area contributed by atoms with Gasteiger partial charge in [-0.2, -0.15) is 0 Å². The van der Waals surface area contributed by atoms with Gasteiger partial charge in [-0.3, -0.25) is 9.69 Å². The monoisotopic (exact) mass is 257 g/mol. The quantitative estimate of drug-likeness (QED) is 0.682. The van der Waals surface area contributed by atoms with Gasteiger partial charge in [-0.05, 0) is 46.7 Å². The largest absolute Gasteiger partial charge is 0.480 e. The highest BCUT2D eigenvalue weighted by Crippen LogP contribution is 2.13. The van der Waals surface area contributed by atoms with E-state index in [-0.39, 0.29) is 0 Å². The van der Waals surface area contributed by atoms with E-state index in [1.165, 1.54) is 0 Å². The van der Waals surface area contributed by atoms with Gasteiger partial charge in [0.2, 0.25) is 0 Å². The molecule has 18 heavy (non-hydrogen) atoms. The van der Waals surface area contributed by atoms with Gasteiger partial charge >= 0.3 is 5.97 Å². The van der Waals surface area contributed by atoms with Crippen LogP contribution in [0.3, 0.4) is 0 Å². The number of rotatable bonds is 6. The number of carboxylic acids is 1. The fourth-order valence-corrected chi connectivity index (χ4v) is 2.42. The van der Waals surface area contributed by atoms with Gasteiger partial charge in [0, 0.05) is 25.7 Å². The molecule has 0 saturated carbocycles. The highest BCUT2D eigenvalue weighted by molar-refractivity contribution is 5.77. The van der Waals surface area contributed by atoms with Crippen molar-refractivity contribution >= 4 is 5.97 Å². The van der Waals surface area contributed by atoms with E-state index in [4.69, 9.17) is 10.8 Å². The maximum Gasteiger partial charge on any atom is 0.323 e. The number of hydrogen-bond donors (Lipinski definition) is 2. The Labute approximate surface area is 110 Å². The molecule has 106 valence electrons. The van der Waals surface area contributed by atoms with Crippen LogP contribution in [0.25, 0.3) is 0 Å². The summed E-state index contributed by atoms with van der Waals surface area (Å²) >= 11 is 0. The van der Waals surface area contributed by atoms with E-state index >= 15 is 0 Å². The van der Waals surface area contributed by atoms with Crippen LogP contribution in [0.5, 0.6) is 0 Å². The summed E-state index contributed by atoms with van der Waals surface area (Å²) in [5.41, 5.74) is 4.63. The molecular formula is C13H27N3O2. The van der Waals surface area contributed by atoms with Gasteiger partial charge in [0.05, 0.1) is 0 Å². The summed E-state index contributed by atoms with van der Waals surface area (Å²) in [6.45, 7) is 8.23. The van der Waals surface area contributed by atoms with E-state index < -0.39 is 11.5 Å². The number of piperazine rings is 1. The minimum atomic E-state index is -1.08. The van der Waals surface area contributed by atoms with Gasteiger partial charge in [0.1, 0.15) is 5.54 Å². The topological polar surface area (TPSA) is 69.8 Å². The lowest BCUT2D eigenvalue weighted by molar-refractivity contribution is -0.142. The summed E-state index contributed by atoms with van der Waals surface area (Å²) < 4.78 is 0. The third kappa shape index (κ3) is 4.55. The number of likely N-dealkylation sites (N-methyl/N-ethyl adjacent to an activating group) is 1. The molecule has 0 amide bonds. The fraction of sp³-hybridized carbons (Fsp3) is 0.923. The molecule has 0 aromatic carbocycles. The van der Waals surface area contributed by atoms with Crippen molar-refractivity contribution in [2.75, 3.05) is 33.2 Å². The van der Waals surface area contributed by atoms with Crippen molar-refractivity contribution in [1.29, 1.82) is 0 Å². The van der Waals surface area contributed by atoms with Crippen LogP contribution >= 0.6 is 0 Å². The molecular weight excluding hydrogens is 230 g/mol. The summed E-state index contributed by atoms with van der Waals surface area (Å²) in [6.07, 6.45) is 2.44. The number of nitrogens with zero attached hydrogens (tertiary/aromatic N) is 2. The molecule has 0 aliphatic carbocycles. The third-order valence-electron chi connectivity index (χ3n) is 3.85. The molecule has 0 aromatic rings. The van der Waals surface area contributed by atoms with Crippen LogP contribution in [-0.2, 0) is 4.79 Å². The van der Waals surface area contributed by atoms with Crippen LogP contribution in [0.1, 0.15) is 33.1 Å². The standard InChI is InChI=1S/C13H27N3O2/c1-11-10-15(3)8-9-16(11)7-5-4-6-13(2,14)12(17)18/h11H,4-10,14H2,1-3H3,(H,17,18). The van der Waals surface area contributed by atoms with Gasteiger partial charge in [-0.25, -0.2) is 0 Å². The smallest absolute Gasteiger partial charge is 0.323 e. The summed E-state index contributed by atoms with van der Waals surface area (Å²) in [4.78, 5) is 15.7. The summed E-state index contributed by atoms with van der Waals surface area (Å²) in [5.74, 6) is -0.907. The summed E-state index contributed by atoms with van der Waals surface area (Å²) in [6, 6.07) is 0.590.